The standard InChI is InChI=1S/C20H26N2O3S/c1-15-5-6-16(2)18(12-15)25-14-17(23)13-21-7-9-22(10-8-21)20(24)19-4-3-11-26-19/h3-6,11-12,17,23H,7-10,13-14H2,1-2H3. The first kappa shape index (κ1) is 18.9. The van der Waals surface area contributed by atoms with E-state index >= 15 is 0 Å². The van der Waals surface area contributed by atoms with Gasteiger partial charge in [0.05, 0.1) is 4.88 Å². The van der Waals surface area contributed by atoms with Crippen LogP contribution in [0.15, 0.2) is 35.7 Å². The first-order valence-electron chi connectivity index (χ1n) is 8.96. The average molecular weight is 375 g/mol. The number of carbonyl (C=O) groups is 1. The highest BCUT2D eigenvalue weighted by Crippen LogP contribution is 2.19. The van der Waals surface area contributed by atoms with Crippen molar-refractivity contribution in [3.8, 4) is 5.75 Å². The Hall–Kier alpha value is -1.89. The van der Waals surface area contributed by atoms with Gasteiger partial charge in [0.15, 0.2) is 0 Å². The van der Waals surface area contributed by atoms with Crippen LogP contribution in [0.3, 0.4) is 0 Å². The zero-order valence-corrected chi connectivity index (χ0v) is 16.2. The Balaban J connectivity index is 1.42. The maximum Gasteiger partial charge on any atom is 0.264 e. The number of β-amino-alcohol motifs (C(OH)–C–C–N with tert-alkyl or cyclic N) is 1. The minimum absolute atomic E-state index is 0.110. The fraction of sp³-hybridized carbons (Fsp3) is 0.450. The third-order valence-corrected chi connectivity index (χ3v) is 5.49. The Morgan fingerprint density at radius 3 is 2.69 bits per heavy atom. The van der Waals surface area contributed by atoms with E-state index in [1.165, 1.54) is 11.3 Å². The molecule has 2 heterocycles. The summed E-state index contributed by atoms with van der Waals surface area (Å²) >= 11 is 1.48. The van der Waals surface area contributed by atoms with E-state index in [4.69, 9.17) is 4.74 Å². The van der Waals surface area contributed by atoms with E-state index in [0.29, 0.717) is 19.6 Å². The molecule has 1 aliphatic heterocycles. The molecule has 3 rings (SSSR count). The fourth-order valence-corrected chi connectivity index (χ4v) is 3.78. The van der Waals surface area contributed by atoms with Crippen LogP contribution in [-0.4, -0.2) is 66.2 Å². The second-order valence-electron chi connectivity index (χ2n) is 6.80. The van der Waals surface area contributed by atoms with Crippen LogP contribution in [0.2, 0.25) is 0 Å². The van der Waals surface area contributed by atoms with Crippen LogP contribution in [0.4, 0.5) is 0 Å². The van der Waals surface area contributed by atoms with Crippen molar-refractivity contribution in [2.45, 2.75) is 20.0 Å². The predicted octanol–water partition coefficient (Wildman–Crippen LogP) is 2.56. The first-order chi connectivity index (χ1) is 12.5. The van der Waals surface area contributed by atoms with E-state index in [1.807, 2.05) is 48.4 Å². The first-order valence-corrected chi connectivity index (χ1v) is 9.84. The van der Waals surface area contributed by atoms with Gasteiger partial charge >= 0.3 is 0 Å². The van der Waals surface area contributed by atoms with E-state index < -0.39 is 6.10 Å². The molecular formula is C20H26N2O3S. The number of aryl methyl sites for hydroxylation is 2. The van der Waals surface area contributed by atoms with Gasteiger partial charge in [-0.3, -0.25) is 9.69 Å². The molecule has 1 aromatic carbocycles. The normalized spacial score (nSPS) is 16.5. The molecule has 5 nitrogen and oxygen atoms in total. The number of rotatable bonds is 6. The highest BCUT2D eigenvalue weighted by atomic mass is 32.1. The summed E-state index contributed by atoms with van der Waals surface area (Å²) in [6.07, 6.45) is -0.547. The van der Waals surface area contributed by atoms with E-state index in [1.54, 1.807) is 0 Å². The molecule has 26 heavy (non-hydrogen) atoms. The van der Waals surface area contributed by atoms with E-state index in [2.05, 4.69) is 11.0 Å². The van der Waals surface area contributed by atoms with Gasteiger partial charge in [-0.15, -0.1) is 11.3 Å². The van der Waals surface area contributed by atoms with Gasteiger partial charge in [-0.05, 0) is 42.5 Å². The maximum atomic E-state index is 12.4. The van der Waals surface area contributed by atoms with Gasteiger partial charge in [0, 0.05) is 32.7 Å². The molecule has 6 heteroatoms. The number of nitrogens with zero attached hydrogens (tertiary/aromatic N) is 2. The van der Waals surface area contributed by atoms with Crippen LogP contribution in [-0.2, 0) is 0 Å². The largest absolute Gasteiger partial charge is 0.491 e. The third-order valence-electron chi connectivity index (χ3n) is 4.64. The molecule has 140 valence electrons. The number of benzene rings is 1. The lowest BCUT2D eigenvalue weighted by atomic mass is 10.1. The number of hydrogen-bond donors (Lipinski definition) is 1. The van der Waals surface area contributed by atoms with Crippen molar-refractivity contribution in [2.75, 3.05) is 39.3 Å². The second kappa shape index (κ2) is 8.66. The molecule has 1 aromatic heterocycles. The molecule has 1 N–H and O–H groups in total. The van der Waals surface area contributed by atoms with E-state index in [-0.39, 0.29) is 12.5 Å². The van der Waals surface area contributed by atoms with Crippen LogP contribution in [0, 0.1) is 13.8 Å². The summed E-state index contributed by atoms with van der Waals surface area (Å²) in [5, 5.41) is 12.2. The van der Waals surface area contributed by atoms with Crippen molar-refractivity contribution < 1.29 is 14.6 Å². The van der Waals surface area contributed by atoms with E-state index in [9.17, 15) is 9.90 Å². The lowest BCUT2D eigenvalue weighted by Crippen LogP contribution is -2.50. The Morgan fingerprint density at radius 1 is 1.23 bits per heavy atom. The van der Waals surface area contributed by atoms with Crippen molar-refractivity contribution in [1.29, 1.82) is 0 Å². The van der Waals surface area contributed by atoms with Gasteiger partial charge in [0.2, 0.25) is 0 Å². The van der Waals surface area contributed by atoms with E-state index in [0.717, 1.165) is 34.8 Å². The molecule has 0 saturated carbocycles. The quantitative estimate of drug-likeness (QED) is 0.844. The number of aliphatic hydroxyl groups is 1. The summed E-state index contributed by atoms with van der Waals surface area (Å²) in [7, 11) is 0. The van der Waals surface area contributed by atoms with Crippen LogP contribution in [0.1, 0.15) is 20.8 Å². The summed E-state index contributed by atoms with van der Waals surface area (Å²) in [4.78, 5) is 17.2. The number of carbonyl (C=O) groups excluding carboxylic acids is 1. The number of amides is 1. The van der Waals surface area contributed by atoms with Crippen molar-refractivity contribution in [2.24, 2.45) is 0 Å². The number of aliphatic hydroxyl groups excluding tert-OH is 1. The molecule has 1 aliphatic rings. The Labute approximate surface area is 158 Å². The Bertz CT molecular complexity index is 725. The summed E-state index contributed by atoms with van der Waals surface area (Å²) in [6.45, 7) is 7.81. The van der Waals surface area contributed by atoms with Crippen LogP contribution >= 0.6 is 11.3 Å². The van der Waals surface area contributed by atoms with Crippen molar-refractivity contribution in [3.05, 3.63) is 51.7 Å². The molecule has 1 amide bonds. The van der Waals surface area contributed by atoms with Gasteiger partial charge in [-0.2, -0.15) is 0 Å². The molecule has 1 saturated heterocycles. The lowest BCUT2D eigenvalue weighted by Gasteiger charge is -2.35. The van der Waals surface area contributed by atoms with Gasteiger partial charge < -0.3 is 14.7 Å². The minimum Gasteiger partial charge on any atom is -0.491 e. The Morgan fingerprint density at radius 2 is 2.00 bits per heavy atom. The molecule has 0 radical (unpaired) electrons. The number of ether oxygens (including phenoxy) is 1. The zero-order valence-electron chi connectivity index (χ0n) is 15.4. The maximum absolute atomic E-state index is 12.4. The SMILES string of the molecule is Cc1ccc(C)c(OCC(O)CN2CCN(C(=O)c3cccs3)CC2)c1. The van der Waals surface area contributed by atoms with Crippen LogP contribution in [0.25, 0.3) is 0 Å². The molecular weight excluding hydrogens is 348 g/mol. The fourth-order valence-electron chi connectivity index (χ4n) is 3.09. The molecule has 1 fully saturated rings. The molecule has 1 atom stereocenters. The van der Waals surface area contributed by atoms with Crippen LogP contribution < -0.4 is 4.74 Å². The highest BCUT2D eigenvalue weighted by Gasteiger charge is 2.24. The smallest absolute Gasteiger partial charge is 0.264 e. The van der Waals surface area contributed by atoms with Gasteiger partial charge in [0.1, 0.15) is 18.5 Å². The summed E-state index contributed by atoms with van der Waals surface area (Å²) in [5.41, 5.74) is 2.22. The van der Waals surface area contributed by atoms with Crippen molar-refractivity contribution in [3.63, 3.8) is 0 Å². The molecule has 2 aromatic rings. The molecule has 0 aliphatic carbocycles. The average Bonchev–Trinajstić information content (AvgIpc) is 3.17. The topological polar surface area (TPSA) is 53.0 Å². The van der Waals surface area contributed by atoms with Crippen molar-refractivity contribution >= 4 is 17.2 Å². The summed E-state index contributed by atoms with van der Waals surface area (Å²) < 4.78 is 5.79. The highest BCUT2D eigenvalue weighted by molar-refractivity contribution is 7.12. The third kappa shape index (κ3) is 4.84. The predicted molar refractivity (Wildman–Crippen MR) is 104 cm³/mol. The van der Waals surface area contributed by atoms with Crippen molar-refractivity contribution in [1.82, 2.24) is 9.80 Å². The molecule has 1 unspecified atom stereocenters. The second-order valence-corrected chi connectivity index (χ2v) is 7.75. The molecule has 0 spiro atoms. The Kier molecular flexibility index (Phi) is 6.29. The monoisotopic (exact) mass is 374 g/mol. The number of piperazine rings is 1. The minimum atomic E-state index is -0.547. The van der Waals surface area contributed by atoms with Gasteiger partial charge in [-0.1, -0.05) is 18.2 Å². The summed E-state index contributed by atoms with van der Waals surface area (Å²) in [5.74, 6) is 0.939. The van der Waals surface area contributed by atoms with Crippen LogP contribution in [0.5, 0.6) is 5.75 Å². The lowest BCUT2D eigenvalue weighted by molar-refractivity contribution is 0.0405. The van der Waals surface area contributed by atoms with Gasteiger partial charge in [-0.25, -0.2) is 0 Å². The van der Waals surface area contributed by atoms with Gasteiger partial charge in [0.25, 0.3) is 5.91 Å². The summed E-state index contributed by atoms with van der Waals surface area (Å²) in [6, 6.07) is 9.85. The zero-order chi connectivity index (χ0) is 18.5. The number of thiophene rings is 1. The molecule has 0 bridgehead atoms. The number of hydrogen-bond acceptors (Lipinski definition) is 5.